The predicted molar refractivity (Wildman–Crippen MR) is 97.7 cm³/mol. The largest absolute Gasteiger partial charge is 0.466 e. The molecular weight excluding hydrogens is 330 g/mol. The van der Waals surface area contributed by atoms with Crippen molar-refractivity contribution in [2.24, 2.45) is 5.92 Å². The monoisotopic (exact) mass is 359 g/mol. The minimum atomic E-state index is 0.117. The Kier molecular flexibility index (Phi) is 5.02. The van der Waals surface area contributed by atoms with Gasteiger partial charge in [-0.3, -0.25) is 14.5 Å². The third kappa shape index (κ3) is 4.47. The zero-order valence-corrected chi connectivity index (χ0v) is 15.6. The molecule has 142 valence electrons. The Balaban J connectivity index is 1.16. The number of hydrogen-bond donors (Lipinski definition) is 1. The van der Waals surface area contributed by atoms with Crippen LogP contribution in [-0.4, -0.2) is 60.4 Å². The number of nitrogens with zero attached hydrogens (tertiary/aromatic N) is 2. The summed E-state index contributed by atoms with van der Waals surface area (Å²) in [6.45, 7) is 5.65. The van der Waals surface area contributed by atoms with Crippen molar-refractivity contribution in [3.05, 3.63) is 23.7 Å². The van der Waals surface area contributed by atoms with Crippen molar-refractivity contribution in [2.75, 3.05) is 32.7 Å². The molecule has 4 rings (SSSR count). The first-order chi connectivity index (χ1) is 12.6. The summed E-state index contributed by atoms with van der Waals surface area (Å²) >= 11 is 0. The molecule has 6 nitrogen and oxygen atoms in total. The molecule has 1 aliphatic heterocycles. The molecule has 0 aromatic carbocycles. The number of hydrogen-bond acceptors (Lipinski definition) is 4. The van der Waals surface area contributed by atoms with E-state index >= 15 is 0 Å². The minimum Gasteiger partial charge on any atom is -0.466 e. The van der Waals surface area contributed by atoms with E-state index in [1.165, 1.54) is 6.42 Å². The fourth-order valence-corrected chi connectivity index (χ4v) is 3.69. The molecule has 2 heterocycles. The molecule has 26 heavy (non-hydrogen) atoms. The third-order valence-electron chi connectivity index (χ3n) is 5.78. The van der Waals surface area contributed by atoms with Crippen LogP contribution in [0.2, 0.25) is 0 Å². The van der Waals surface area contributed by atoms with Crippen LogP contribution in [0.4, 0.5) is 0 Å². The van der Waals surface area contributed by atoms with Crippen molar-refractivity contribution >= 4 is 11.8 Å². The van der Waals surface area contributed by atoms with Gasteiger partial charge in [-0.1, -0.05) is 6.92 Å². The lowest BCUT2D eigenvalue weighted by molar-refractivity contribution is -0.133. The van der Waals surface area contributed by atoms with Gasteiger partial charge in [0, 0.05) is 51.0 Å². The van der Waals surface area contributed by atoms with Crippen molar-refractivity contribution in [2.45, 2.75) is 51.0 Å². The zero-order valence-electron chi connectivity index (χ0n) is 15.6. The first-order valence-electron chi connectivity index (χ1n) is 9.96. The Hall–Kier alpha value is -1.82. The van der Waals surface area contributed by atoms with Gasteiger partial charge in [0.15, 0.2) is 0 Å². The quantitative estimate of drug-likeness (QED) is 0.806. The molecule has 0 bridgehead atoms. The highest BCUT2D eigenvalue weighted by atomic mass is 16.3. The van der Waals surface area contributed by atoms with E-state index in [4.69, 9.17) is 4.42 Å². The van der Waals surface area contributed by atoms with Gasteiger partial charge in [0.05, 0.1) is 6.54 Å². The normalized spacial score (nSPS) is 26.0. The molecule has 2 saturated carbocycles. The predicted octanol–water partition coefficient (Wildman–Crippen LogP) is 1.76. The van der Waals surface area contributed by atoms with Gasteiger partial charge < -0.3 is 14.6 Å². The van der Waals surface area contributed by atoms with Gasteiger partial charge in [-0.05, 0) is 37.3 Å². The van der Waals surface area contributed by atoms with Crippen LogP contribution in [0.1, 0.15) is 50.0 Å². The lowest BCUT2D eigenvalue weighted by Crippen LogP contribution is -2.51. The van der Waals surface area contributed by atoms with E-state index in [-0.39, 0.29) is 11.8 Å². The second kappa shape index (κ2) is 7.43. The van der Waals surface area contributed by atoms with Crippen molar-refractivity contribution in [3.8, 4) is 0 Å². The summed E-state index contributed by atoms with van der Waals surface area (Å²) < 4.78 is 5.89. The van der Waals surface area contributed by atoms with Crippen LogP contribution < -0.4 is 5.32 Å². The maximum absolute atomic E-state index is 12.4. The smallest absolute Gasteiger partial charge is 0.234 e. The van der Waals surface area contributed by atoms with Gasteiger partial charge >= 0.3 is 0 Å². The van der Waals surface area contributed by atoms with E-state index in [1.54, 1.807) is 0 Å². The van der Waals surface area contributed by atoms with E-state index in [0.717, 1.165) is 43.4 Å². The highest BCUT2D eigenvalue weighted by molar-refractivity contribution is 5.79. The first-order valence-corrected chi connectivity index (χ1v) is 9.96. The average Bonchev–Trinajstić information content (AvgIpc) is 3.53. The Bertz CT molecular complexity index is 659. The van der Waals surface area contributed by atoms with Crippen molar-refractivity contribution in [1.29, 1.82) is 0 Å². The van der Waals surface area contributed by atoms with E-state index in [9.17, 15) is 9.59 Å². The van der Waals surface area contributed by atoms with Gasteiger partial charge in [0.2, 0.25) is 11.8 Å². The molecular formula is C20H29N3O3. The molecule has 1 aromatic heterocycles. The van der Waals surface area contributed by atoms with E-state index in [0.29, 0.717) is 44.4 Å². The summed E-state index contributed by atoms with van der Waals surface area (Å²) in [4.78, 5) is 28.4. The summed E-state index contributed by atoms with van der Waals surface area (Å²) in [5.41, 5.74) is 0. The van der Waals surface area contributed by atoms with Crippen LogP contribution in [0.25, 0.3) is 0 Å². The van der Waals surface area contributed by atoms with Gasteiger partial charge in [0.25, 0.3) is 0 Å². The molecule has 0 spiro atoms. The molecule has 2 amide bonds. The maximum atomic E-state index is 12.4. The van der Waals surface area contributed by atoms with Gasteiger partial charge in [-0.15, -0.1) is 0 Å². The van der Waals surface area contributed by atoms with Crippen LogP contribution in [0.3, 0.4) is 0 Å². The summed E-state index contributed by atoms with van der Waals surface area (Å²) in [7, 11) is 0. The van der Waals surface area contributed by atoms with Crippen LogP contribution in [0.5, 0.6) is 0 Å². The summed E-state index contributed by atoms with van der Waals surface area (Å²) in [5, 5.41) is 3.02. The summed E-state index contributed by atoms with van der Waals surface area (Å²) in [6.07, 6.45) is 4.61. The van der Waals surface area contributed by atoms with Gasteiger partial charge in [-0.2, -0.15) is 0 Å². The lowest BCUT2D eigenvalue weighted by Gasteiger charge is -2.34. The second-order valence-corrected chi connectivity index (χ2v) is 8.12. The van der Waals surface area contributed by atoms with Crippen LogP contribution >= 0.6 is 0 Å². The minimum absolute atomic E-state index is 0.117. The first kappa shape index (κ1) is 17.6. The SMILES string of the molecule is CC1CC1c1ccc(CCC(=O)N2CCN(CC(=O)NC3CC3)CC2)o1. The van der Waals surface area contributed by atoms with Crippen molar-refractivity contribution < 1.29 is 14.0 Å². The Morgan fingerprint density at radius 2 is 1.92 bits per heavy atom. The zero-order chi connectivity index (χ0) is 18.1. The molecule has 1 saturated heterocycles. The molecule has 1 aromatic rings. The van der Waals surface area contributed by atoms with Crippen LogP contribution in [0.15, 0.2) is 16.5 Å². The molecule has 3 fully saturated rings. The molecule has 2 aliphatic carbocycles. The van der Waals surface area contributed by atoms with E-state index < -0.39 is 0 Å². The van der Waals surface area contributed by atoms with E-state index in [1.807, 2.05) is 11.0 Å². The molecule has 6 heteroatoms. The molecule has 3 aliphatic rings. The molecule has 0 radical (unpaired) electrons. The Morgan fingerprint density at radius 3 is 2.58 bits per heavy atom. The van der Waals surface area contributed by atoms with Crippen molar-refractivity contribution in [3.63, 3.8) is 0 Å². The second-order valence-electron chi connectivity index (χ2n) is 8.12. The summed E-state index contributed by atoms with van der Waals surface area (Å²) in [6, 6.07) is 4.50. The number of amides is 2. The molecule has 2 unspecified atom stereocenters. The van der Waals surface area contributed by atoms with Gasteiger partial charge in [-0.25, -0.2) is 0 Å². The number of carbonyl (C=O) groups excluding carboxylic acids is 2. The third-order valence-corrected chi connectivity index (χ3v) is 5.78. The topological polar surface area (TPSA) is 65.8 Å². The number of aryl methyl sites for hydroxylation is 1. The Labute approximate surface area is 154 Å². The highest BCUT2D eigenvalue weighted by Crippen LogP contribution is 2.47. The van der Waals surface area contributed by atoms with Gasteiger partial charge in [0.1, 0.15) is 11.5 Å². The number of nitrogens with one attached hydrogen (secondary N) is 1. The maximum Gasteiger partial charge on any atom is 0.234 e. The standard InChI is InChI=1S/C20H29N3O3/c1-14-12-17(14)18-6-4-16(26-18)5-7-20(25)23-10-8-22(9-11-23)13-19(24)21-15-2-3-15/h4,6,14-15,17H,2-3,5,7-13H2,1H3,(H,21,24). The number of piperazine rings is 1. The lowest BCUT2D eigenvalue weighted by atomic mass is 10.2. The average molecular weight is 359 g/mol. The number of carbonyl (C=O) groups is 2. The number of furan rings is 1. The van der Waals surface area contributed by atoms with Crippen LogP contribution in [-0.2, 0) is 16.0 Å². The van der Waals surface area contributed by atoms with Crippen molar-refractivity contribution in [1.82, 2.24) is 15.1 Å². The van der Waals surface area contributed by atoms with E-state index in [2.05, 4.69) is 23.2 Å². The fraction of sp³-hybridized carbons (Fsp3) is 0.700. The molecule has 2 atom stereocenters. The fourth-order valence-electron chi connectivity index (χ4n) is 3.69. The Morgan fingerprint density at radius 1 is 1.19 bits per heavy atom. The highest BCUT2D eigenvalue weighted by Gasteiger charge is 2.36. The molecule has 1 N–H and O–H groups in total. The number of rotatable bonds is 7. The summed E-state index contributed by atoms with van der Waals surface area (Å²) in [5.74, 6) is 3.62. The van der Waals surface area contributed by atoms with Crippen LogP contribution in [0, 0.1) is 5.92 Å².